The van der Waals surface area contributed by atoms with Crippen molar-refractivity contribution in [2.24, 2.45) is 5.73 Å². The fourth-order valence-corrected chi connectivity index (χ4v) is 2.76. The molecule has 0 spiro atoms. The summed E-state index contributed by atoms with van der Waals surface area (Å²) in [7, 11) is 0. The van der Waals surface area contributed by atoms with Gasteiger partial charge in [-0.05, 0) is 23.6 Å². The monoisotopic (exact) mass is 397 g/mol. The van der Waals surface area contributed by atoms with E-state index in [-0.39, 0.29) is 18.4 Å². The molecule has 0 saturated heterocycles. The second-order valence-electron chi connectivity index (χ2n) is 6.56. The quantitative estimate of drug-likeness (QED) is 0.603. The minimum absolute atomic E-state index is 0.0522. The van der Waals surface area contributed by atoms with Crippen LogP contribution < -0.4 is 16.4 Å². The van der Waals surface area contributed by atoms with Crippen molar-refractivity contribution in [3.63, 3.8) is 0 Å². The zero-order valence-electron chi connectivity index (χ0n) is 16.1. The van der Waals surface area contributed by atoms with Gasteiger partial charge in [0.2, 0.25) is 17.7 Å². The second-order valence-corrected chi connectivity index (χ2v) is 6.56. The SMILES string of the molecule is CC(=O)N[C@H](Cc1ccccc1F)C(=O)N[C@@H](C/C=C/c1ccccc1)C(N)=O. The summed E-state index contributed by atoms with van der Waals surface area (Å²) in [6, 6.07) is 13.4. The van der Waals surface area contributed by atoms with Gasteiger partial charge in [-0.25, -0.2) is 4.39 Å². The topological polar surface area (TPSA) is 101 Å². The molecule has 4 N–H and O–H groups in total. The Morgan fingerprint density at radius 3 is 2.28 bits per heavy atom. The van der Waals surface area contributed by atoms with Gasteiger partial charge in [0.25, 0.3) is 0 Å². The Morgan fingerprint density at radius 2 is 1.66 bits per heavy atom. The van der Waals surface area contributed by atoms with E-state index in [0.717, 1.165) is 5.56 Å². The van der Waals surface area contributed by atoms with E-state index in [2.05, 4.69) is 10.6 Å². The molecule has 0 fully saturated rings. The van der Waals surface area contributed by atoms with E-state index in [0.29, 0.717) is 0 Å². The molecule has 29 heavy (non-hydrogen) atoms. The number of benzene rings is 2. The summed E-state index contributed by atoms with van der Waals surface area (Å²) in [4.78, 5) is 35.9. The van der Waals surface area contributed by atoms with Gasteiger partial charge in [-0.3, -0.25) is 14.4 Å². The van der Waals surface area contributed by atoms with E-state index >= 15 is 0 Å². The number of hydrogen-bond donors (Lipinski definition) is 3. The summed E-state index contributed by atoms with van der Waals surface area (Å²) in [6.45, 7) is 1.26. The molecule has 0 aromatic heterocycles. The molecule has 0 unspecified atom stereocenters. The lowest BCUT2D eigenvalue weighted by Crippen LogP contribution is -2.53. The molecular formula is C22H24FN3O3. The van der Waals surface area contributed by atoms with Crippen LogP contribution in [-0.2, 0) is 20.8 Å². The lowest BCUT2D eigenvalue weighted by molar-refractivity contribution is -0.130. The van der Waals surface area contributed by atoms with Gasteiger partial charge in [0.1, 0.15) is 17.9 Å². The normalized spacial score (nSPS) is 12.9. The van der Waals surface area contributed by atoms with Crippen molar-refractivity contribution in [1.82, 2.24) is 10.6 Å². The molecule has 2 rings (SSSR count). The third kappa shape index (κ3) is 7.21. The third-order valence-corrected chi connectivity index (χ3v) is 4.22. The Balaban J connectivity index is 2.07. The van der Waals surface area contributed by atoms with Crippen molar-refractivity contribution in [2.75, 3.05) is 0 Å². The molecule has 3 amide bonds. The minimum atomic E-state index is -1.04. The van der Waals surface area contributed by atoms with Gasteiger partial charge in [-0.15, -0.1) is 0 Å². The zero-order valence-corrected chi connectivity index (χ0v) is 16.1. The van der Waals surface area contributed by atoms with Crippen molar-refractivity contribution in [1.29, 1.82) is 0 Å². The second kappa shape index (κ2) is 10.8. The van der Waals surface area contributed by atoms with E-state index in [1.165, 1.54) is 25.1 Å². The summed E-state index contributed by atoms with van der Waals surface area (Å²) >= 11 is 0. The van der Waals surface area contributed by atoms with Gasteiger partial charge < -0.3 is 16.4 Å². The largest absolute Gasteiger partial charge is 0.368 e. The lowest BCUT2D eigenvalue weighted by atomic mass is 10.0. The van der Waals surface area contributed by atoms with Crippen LogP contribution in [0.4, 0.5) is 4.39 Å². The van der Waals surface area contributed by atoms with Crippen LogP contribution in [-0.4, -0.2) is 29.8 Å². The van der Waals surface area contributed by atoms with Crippen LogP contribution in [0.25, 0.3) is 6.08 Å². The maximum absolute atomic E-state index is 13.9. The van der Waals surface area contributed by atoms with Crippen molar-refractivity contribution in [3.8, 4) is 0 Å². The molecule has 0 bridgehead atoms. The molecule has 6 nitrogen and oxygen atoms in total. The molecule has 0 aliphatic rings. The number of halogens is 1. The first-order valence-electron chi connectivity index (χ1n) is 9.18. The first-order valence-corrected chi connectivity index (χ1v) is 9.18. The molecule has 2 aromatic carbocycles. The highest BCUT2D eigenvalue weighted by molar-refractivity contribution is 5.91. The van der Waals surface area contributed by atoms with Crippen LogP contribution in [0.3, 0.4) is 0 Å². The Kier molecular flexibility index (Phi) is 8.09. The number of nitrogens with two attached hydrogens (primary N) is 1. The molecule has 0 aliphatic carbocycles. The summed E-state index contributed by atoms with van der Waals surface area (Å²) in [5.41, 5.74) is 6.63. The first-order chi connectivity index (χ1) is 13.9. The van der Waals surface area contributed by atoms with Crippen molar-refractivity contribution < 1.29 is 18.8 Å². The highest BCUT2D eigenvalue weighted by atomic mass is 19.1. The highest BCUT2D eigenvalue weighted by Crippen LogP contribution is 2.10. The number of nitrogens with one attached hydrogen (secondary N) is 2. The third-order valence-electron chi connectivity index (χ3n) is 4.22. The Labute approximate surface area is 169 Å². The molecule has 0 aliphatic heterocycles. The molecule has 152 valence electrons. The van der Waals surface area contributed by atoms with Crippen LogP contribution in [0.2, 0.25) is 0 Å². The van der Waals surface area contributed by atoms with Crippen LogP contribution in [0.5, 0.6) is 0 Å². The lowest BCUT2D eigenvalue weighted by Gasteiger charge is -2.21. The van der Waals surface area contributed by atoms with E-state index in [4.69, 9.17) is 5.73 Å². The van der Waals surface area contributed by atoms with Crippen LogP contribution >= 0.6 is 0 Å². The number of rotatable bonds is 9. The number of hydrogen-bond acceptors (Lipinski definition) is 3. The molecule has 0 radical (unpaired) electrons. The Hall–Kier alpha value is -3.48. The maximum atomic E-state index is 13.9. The van der Waals surface area contributed by atoms with Gasteiger partial charge in [0.05, 0.1) is 0 Å². The van der Waals surface area contributed by atoms with Crippen LogP contribution in [0.1, 0.15) is 24.5 Å². The molecule has 0 heterocycles. The zero-order chi connectivity index (χ0) is 21.2. The van der Waals surface area contributed by atoms with Crippen LogP contribution in [0, 0.1) is 5.82 Å². The standard InChI is InChI=1S/C22H24FN3O3/c1-15(27)25-20(14-17-11-5-6-12-18(17)23)22(29)26-19(21(24)28)13-7-10-16-8-3-2-4-9-16/h2-12,19-20H,13-14H2,1H3,(H2,24,28)(H,25,27)(H,26,29)/b10-7+/t19-,20+/m0/s1. The average molecular weight is 397 g/mol. The van der Waals surface area contributed by atoms with Crippen molar-refractivity contribution in [3.05, 3.63) is 77.6 Å². The van der Waals surface area contributed by atoms with Crippen molar-refractivity contribution in [2.45, 2.75) is 31.8 Å². The molecule has 2 atom stereocenters. The fraction of sp³-hybridized carbons (Fsp3) is 0.227. The maximum Gasteiger partial charge on any atom is 0.243 e. The van der Waals surface area contributed by atoms with Crippen LogP contribution in [0.15, 0.2) is 60.7 Å². The van der Waals surface area contributed by atoms with E-state index in [1.807, 2.05) is 36.4 Å². The van der Waals surface area contributed by atoms with Crippen molar-refractivity contribution >= 4 is 23.8 Å². The number of primary amides is 1. The molecule has 2 aromatic rings. The van der Waals surface area contributed by atoms with Gasteiger partial charge in [0.15, 0.2) is 0 Å². The molecule has 7 heteroatoms. The fourth-order valence-electron chi connectivity index (χ4n) is 2.76. The molecule has 0 saturated carbocycles. The minimum Gasteiger partial charge on any atom is -0.368 e. The average Bonchev–Trinajstić information content (AvgIpc) is 2.68. The first kappa shape index (κ1) is 21.8. The molecular weight excluding hydrogens is 373 g/mol. The summed E-state index contributed by atoms with van der Waals surface area (Å²) < 4.78 is 13.9. The highest BCUT2D eigenvalue weighted by Gasteiger charge is 2.25. The van der Waals surface area contributed by atoms with Gasteiger partial charge in [-0.2, -0.15) is 0 Å². The Morgan fingerprint density at radius 1 is 1.00 bits per heavy atom. The summed E-state index contributed by atoms with van der Waals surface area (Å²) in [6.07, 6.45) is 3.67. The number of carbonyl (C=O) groups is 3. The predicted molar refractivity (Wildman–Crippen MR) is 109 cm³/mol. The van der Waals surface area contributed by atoms with Gasteiger partial charge in [-0.1, -0.05) is 60.7 Å². The summed E-state index contributed by atoms with van der Waals surface area (Å²) in [5.74, 6) is -2.24. The van der Waals surface area contributed by atoms with Gasteiger partial charge in [0, 0.05) is 13.3 Å². The summed E-state index contributed by atoms with van der Waals surface area (Å²) in [5, 5.41) is 5.04. The smallest absolute Gasteiger partial charge is 0.243 e. The Bertz CT molecular complexity index is 884. The van der Waals surface area contributed by atoms with E-state index in [9.17, 15) is 18.8 Å². The predicted octanol–water partition coefficient (Wildman–Crippen LogP) is 1.95. The van der Waals surface area contributed by atoms with E-state index in [1.54, 1.807) is 12.1 Å². The number of carbonyl (C=O) groups excluding carboxylic acids is 3. The van der Waals surface area contributed by atoms with E-state index < -0.39 is 35.6 Å². The van der Waals surface area contributed by atoms with Gasteiger partial charge >= 0.3 is 0 Å². The number of amides is 3.